The molecule has 0 radical (unpaired) electrons. The third-order valence-electron chi connectivity index (χ3n) is 2.93. The van der Waals surface area contributed by atoms with Crippen LogP contribution < -0.4 is 5.32 Å². The number of rotatable bonds is 5. The van der Waals surface area contributed by atoms with Crippen LogP contribution in [0.15, 0.2) is 0 Å². The number of hydrogen-bond donors (Lipinski definition) is 2. The number of carbonyl (C=O) groups excluding carboxylic acids is 1. The molecule has 0 bridgehead atoms. The minimum absolute atomic E-state index is 0.216. The third kappa shape index (κ3) is 4.66. The number of nitrogens with zero attached hydrogens (tertiary/aromatic N) is 1. The van der Waals surface area contributed by atoms with Crippen molar-refractivity contribution in [3.05, 3.63) is 0 Å². The number of hydrogen-bond acceptors (Lipinski definition) is 4. The highest BCUT2D eigenvalue weighted by atomic mass is 32.2. The van der Waals surface area contributed by atoms with Gasteiger partial charge in [0.2, 0.25) is 15.9 Å². The first-order chi connectivity index (χ1) is 8.67. The van der Waals surface area contributed by atoms with Crippen molar-refractivity contribution >= 4 is 15.9 Å². The number of nitrogens with one attached hydrogen (secondary N) is 1. The van der Waals surface area contributed by atoms with Gasteiger partial charge in [0.25, 0.3) is 5.92 Å². The highest BCUT2D eigenvalue weighted by Gasteiger charge is 2.36. The zero-order valence-corrected chi connectivity index (χ0v) is 11.4. The first kappa shape index (κ1) is 16.3. The maximum absolute atomic E-state index is 12.8. The molecule has 6 nitrogen and oxygen atoms in total. The van der Waals surface area contributed by atoms with E-state index in [9.17, 15) is 22.0 Å². The van der Waals surface area contributed by atoms with E-state index in [2.05, 4.69) is 0 Å². The zero-order chi connectivity index (χ0) is 14.7. The molecule has 0 aromatic carbocycles. The topological polar surface area (TPSA) is 86.7 Å². The van der Waals surface area contributed by atoms with Crippen molar-refractivity contribution in [3.63, 3.8) is 0 Å². The molecule has 0 aromatic rings. The summed E-state index contributed by atoms with van der Waals surface area (Å²) in [6.45, 7) is -2.16. The predicted molar refractivity (Wildman–Crippen MR) is 64.2 cm³/mol. The third-order valence-corrected chi connectivity index (χ3v) is 4.22. The standard InChI is InChI=1S/C10H18F2N2O4S/c1-19(17,18)14-5-3-2-4-8(14)9(16)13-6-10(11,12)7-15/h8,15H,2-7H2,1H3,(H,13,16). The molecule has 19 heavy (non-hydrogen) atoms. The number of carbonyl (C=O) groups is 1. The van der Waals surface area contributed by atoms with E-state index in [1.165, 1.54) is 0 Å². The van der Waals surface area contributed by atoms with Gasteiger partial charge in [-0.25, -0.2) is 17.2 Å². The minimum Gasteiger partial charge on any atom is -0.390 e. The van der Waals surface area contributed by atoms with E-state index in [0.717, 1.165) is 10.6 Å². The summed E-state index contributed by atoms with van der Waals surface area (Å²) in [6.07, 6.45) is 2.61. The van der Waals surface area contributed by atoms with Gasteiger partial charge < -0.3 is 10.4 Å². The average molecular weight is 300 g/mol. The lowest BCUT2D eigenvalue weighted by Crippen LogP contribution is -2.53. The van der Waals surface area contributed by atoms with E-state index in [-0.39, 0.29) is 6.54 Å². The molecular weight excluding hydrogens is 282 g/mol. The van der Waals surface area contributed by atoms with Crippen LogP contribution in [0, 0.1) is 0 Å². The van der Waals surface area contributed by atoms with Crippen LogP contribution in [-0.4, -0.2) is 61.7 Å². The number of aliphatic hydroxyl groups is 1. The Hall–Kier alpha value is -0.800. The molecule has 9 heteroatoms. The van der Waals surface area contributed by atoms with Crippen molar-refractivity contribution in [3.8, 4) is 0 Å². The fourth-order valence-corrected chi connectivity index (χ4v) is 3.08. The summed E-state index contributed by atoms with van der Waals surface area (Å²) in [5.74, 6) is -4.15. The van der Waals surface area contributed by atoms with E-state index in [1.807, 2.05) is 5.32 Å². The van der Waals surface area contributed by atoms with Crippen molar-refractivity contribution < 1.29 is 27.1 Å². The van der Waals surface area contributed by atoms with Gasteiger partial charge >= 0.3 is 0 Å². The highest BCUT2D eigenvalue weighted by Crippen LogP contribution is 2.20. The first-order valence-electron chi connectivity index (χ1n) is 5.90. The molecule has 0 spiro atoms. The molecule has 1 rings (SSSR count). The Balaban J connectivity index is 2.68. The fraction of sp³-hybridized carbons (Fsp3) is 0.900. The lowest BCUT2D eigenvalue weighted by Gasteiger charge is -2.32. The predicted octanol–water partition coefficient (Wildman–Crippen LogP) is -0.456. The van der Waals surface area contributed by atoms with Crippen LogP contribution in [0.1, 0.15) is 19.3 Å². The molecule has 2 N–H and O–H groups in total. The van der Waals surface area contributed by atoms with Crippen molar-refractivity contribution in [1.29, 1.82) is 0 Å². The van der Waals surface area contributed by atoms with Gasteiger partial charge in [-0.1, -0.05) is 6.42 Å². The van der Waals surface area contributed by atoms with E-state index in [1.54, 1.807) is 0 Å². The van der Waals surface area contributed by atoms with Crippen molar-refractivity contribution in [2.24, 2.45) is 0 Å². The molecular formula is C10H18F2N2O4S. The Kier molecular flexibility index (Phi) is 5.22. The van der Waals surface area contributed by atoms with Gasteiger partial charge in [-0.15, -0.1) is 0 Å². The van der Waals surface area contributed by atoms with Crippen LogP contribution in [0.5, 0.6) is 0 Å². The lowest BCUT2D eigenvalue weighted by atomic mass is 10.0. The second-order valence-electron chi connectivity index (χ2n) is 4.62. The van der Waals surface area contributed by atoms with Crippen LogP contribution in [0.4, 0.5) is 8.78 Å². The Morgan fingerprint density at radius 1 is 1.47 bits per heavy atom. The van der Waals surface area contributed by atoms with Crippen LogP contribution in [-0.2, 0) is 14.8 Å². The maximum atomic E-state index is 12.8. The van der Waals surface area contributed by atoms with Gasteiger partial charge in [0.1, 0.15) is 12.6 Å². The number of piperidine rings is 1. The Labute approximate surface area is 110 Å². The number of amides is 1. The molecule has 1 fully saturated rings. The smallest absolute Gasteiger partial charge is 0.287 e. The maximum Gasteiger partial charge on any atom is 0.287 e. The largest absolute Gasteiger partial charge is 0.390 e. The first-order valence-corrected chi connectivity index (χ1v) is 7.75. The normalized spacial score (nSPS) is 22.2. The SMILES string of the molecule is CS(=O)(=O)N1CCCCC1C(=O)NCC(F)(F)CO. The van der Waals surface area contributed by atoms with Gasteiger partial charge in [-0.3, -0.25) is 4.79 Å². The van der Waals surface area contributed by atoms with Crippen molar-refractivity contribution in [2.75, 3.05) is 26.0 Å². The second kappa shape index (κ2) is 6.10. The van der Waals surface area contributed by atoms with Crippen LogP contribution in [0.2, 0.25) is 0 Å². The molecule has 1 aliphatic heterocycles. The molecule has 1 aliphatic rings. The van der Waals surface area contributed by atoms with E-state index < -0.39 is 41.0 Å². The molecule has 0 saturated carbocycles. The number of sulfonamides is 1. The van der Waals surface area contributed by atoms with Gasteiger partial charge in [0, 0.05) is 6.54 Å². The van der Waals surface area contributed by atoms with Gasteiger partial charge in [0.05, 0.1) is 12.8 Å². The Morgan fingerprint density at radius 2 is 2.11 bits per heavy atom. The molecule has 1 amide bonds. The van der Waals surface area contributed by atoms with Crippen molar-refractivity contribution in [2.45, 2.75) is 31.2 Å². The number of halogens is 2. The van der Waals surface area contributed by atoms with E-state index in [4.69, 9.17) is 5.11 Å². The summed E-state index contributed by atoms with van der Waals surface area (Å²) in [4.78, 5) is 11.8. The molecule has 0 aliphatic carbocycles. The summed E-state index contributed by atoms with van der Waals surface area (Å²) in [6, 6.07) is -0.946. The lowest BCUT2D eigenvalue weighted by molar-refractivity contribution is -0.128. The Morgan fingerprint density at radius 3 is 2.63 bits per heavy atom. The molecule has 1 saturated heterocycles. The van der Waals surface area contributed by atoms with Crippen LogP contribution >= 0.6 is 0 Å². The molecule has 1 heterocycles. The summed E-state index contributed by atoms with van der Waals surface area (Å²) >= 11 is 0. The van der Waals surface area contributed by atoms with Crippen LogP contribution in [0.25, 0.3) is 0 Å². The molecule has 1 atom stereocenters. The average Bonchev–Trinajstić information content (AvgIpc) is 2.35. The fourth-order valence-electron chi connectivity index (χ4n) is 1.95. The van der Waals surface area contributed by atoms with Gasteiger partial charge in [-0.05, 0) is 12.8 Å². The quantitative estimate of drug-likeness (QED) is 0.719. The van der Waals surface area contributed by atoms with Gasteiger partial charge in [-0.2, -0.15) is 4.31 Å². The highest BCUT2D eigenvalue weighted by molar-refractivity contribution is 7.88. The van der Waals surface area contributed by atoms with Crippen molar-refractivity contribution in [1.82, 2.24) is 9.62 Å². The van der Waals surface area contributed by atoms with E-state index in [0.29, 0.717) is 19.3 Å². The van der Waals surface area contributed by atoms with Crippen LogP contribution in [0.3, 0.4) is 0 Å². The summed E-state index contributed by atoms with van der Waals surface area (Å²) < 4.78 is 49.7. The number of aliphatic hydroxyl groups excluding tert-OH is 1. The molecule has 112 valence electrons. The monoisotopic (exact) mass is 300 g/mol. The molecule has 0 aromatic heterocycles. The summed E-state index contributed by atoms with van der Waals surface area (Å²) in [7, 11) is -3.54. The van der Waals surface area contributed by atoms with Gasteiger partial charge in [0.15, 0.2) is 0 Å². The zero-order valence-electron chi connectivity index (χ0n) is 10.6. The molecule has 1 unspecified atom stereocenters. The second-order valence-corrected chi connectivity index (χ2v) is 6.55. The summed E-state index contributed by atoms with van der Waals surface area (Å²) in [5.41, 5.74) is 0. The minimum atomic E-state index is -3.54. The Bertz CT molecular complexity index is 427. The number of alkyl halides is 2. The van der Waals surface area contributed by atoms with E-state index >= 15 is 0 Å². The summed E-state index contributed by atoms with van der Waals surface area (Å²) in [5, 5.41) is 10.4.